The predicted molar refractivity (Wildman–Crippen MR) is 107 cm³/mol. The van der Waals surface area contributed by atoms with Crippen LogP contribution in [0.5, 0.6) is 0 Å². The lowest BCUT2D eigenvalue weighted by atomic mass is 10.1. The monoisotopic (exact) mass is 387 g/mol. The molecule has 1 aromatic carbocycles. The fourth-order valence-corrected chi connectivity index (χ4v) is 5.01. The molecule has 1 N–H and O–H groups in total. The van der Waals surface area contributed by atoms with Gasteiger partial charge in [-0.1, -0.05) is 30.3 Å². The summed E-state index contributed by atoms with van der Waals surface area (Å²) in [5.74, 6) is 0.922. The Hall–Kier alpha value is -2.41. The standard InChI is InChI=1S/C20H25N3O3S/c1-23(18-11-13-27(25,26)15-18)19-10-9-17(14-22-19)20(24)21-12-5-8-16-6-3-2-4-7-16/h2-4,6-7,9-10,14,18H,5,8,11-13,15H2,1H3,(H,21,24). The molecule has 1 aliphatic heterocycles. The van der Waals surface area contributed by atoms with E-state index in [4.69, 9.17) is 0 Å². The molecule has 1 unspecified atom stereocenters. The van der Waals surface area contributed by atoms with Crippen LogP contribution in [0.3, 0.4) is 0 Å². The molecule has 6 nitrogen and oxygen atoms in total. The number of carbonyl (C=O) groups excluding carboxylic acids is 1. The number of amides is 1. The summed E-state index contributed by atoms with van der Waals surface area (Å²) in [7, 11) is -1.09. The first-order valence-electron chi connectivity index (χ1n) is 9.16. The van der Waals surface area contributed by atoms with Gasteiger partial charge in [-0.05, 0) is 37.0 Å². The normalized spacial score (nSPS) is 18.2. The van der Waals surface area contributed by atoms with E-state index in [0.717, 1.165) is 12.8 Å². The van der Waals surface area contributed by atoms with E-state index in [0.29, 0.717) is 24.3 Å². The van der Waals surface area contributed by atoms with E-state index < -0.39 is 9.84 Å². The summed E-state index contributed by atoms with van der Waals surface area (Å²) in [5.41, 5.74) is 1.76. The van der Waals surface area contributed by atoms with E-state index in [1.54, 1.807) is 18.3 Å². The molecule has 27 heavy (non-hydrogen) atoms. The van der Waals surface area contributed by atoms with Crippen LogP contribution < -0.4 is 10.2 Å². The number of nitrogens with zero attached hydrogens (tertiary/aromatic N) is 2. The summed E-state index contributed by atoms with van der Waals surface area (Å²) < 4.78 is 23.3. The Morgan fingerprint density at radius 2 is 2.00 bits per heavy atom. The Balaban J connectivity index is 1.48. The third-order valence-corrected chi connectivity index (χ3v) is 6.65. The topological polar surface area (TPSA) is 79.4 Å². The van der Waals surface area contributed by atoms with Gasteiger partial charge in [0, 0.05) is 25.8 Å². The van der Waals surface area contributed by atoms with Gasteiger partial charge >= 0.3 is 0 Å². The molecular formula is C20H25N3O3S. The lowest BCUT2D eigenvalue weighted by molar-refractivity contribution is 0.0953. The molecule has 1 saturated heterocycles. The van der Waals surface area contributed by atoms with E-state index in [-0.39, 0.29) is 23.5 Å². The molecule has 0 spiro atoms. The van der Waals surface area contributed by atoms with Gasteiger partial charge in [0.1, 0.15) is 5.82 Å². The van der Waals surface area contributed by atoms with Gasteiger partial charge in [-0.3, -0.25) is 4.79 Å². The maximum atomic E-state index is 12.2. The Kier molecular flexibility index (Phi) is 6.11. The second-order valence-electron chi connectivity index (χ2n) is 6.92. The molecule has 2 aromatic rings. The summed E-state index contributed by atoms with van der Waals surface area (Å²) in [6.07, 6.45) is 3.96. The van der Waals surface area contributed by atoms with Gasteiger partial charge in [-0.25, -0.2) is 13.4 Å². The first kappa shape index (κ1) is 19.4. The van der Waals surface area contributed by atoms with Crippen molar-refractivity contribution in [2.75, 3.05) is 30.0 Å². The Bertz CT molecular complexity index is 867. The summed E-state index contributed by atoms with van der Waals surface area (Å²) in [6.45, 7) is 0.606. The maximum Gasteiger partial charge on any atom is 0.252 e. The van der Waals surface area contributed by atoms with Gasteiger partial charge < -0.3 is 10.2 Å². The quantitative estimate of drug-likeness (QED) is 0.736. The fourth-order valence-electron chi connectivity index (χ4n) is 3.24. The molecule has 7 heteroatoms. The lowest BCUT2D eigenvalue weighted by Gasteiger charge is -2.24. The zero-order chi connectivity index (χ0) is 19.3. The van der Waals surface area contributed by atoms with Crippen LogP contribution in [0.15, 0.2) is 48.7 Å². The van der Waals surface area contributed by atoms with E-state index in [2.05, 4.69) is 22.4 Å². The minimum Gasteiger partial charge on any atom is -0.356 e. The highest BCUT2D eigenvalue weighted by atomic mass is 32.2. The zero-order valence-electron chi connectivity index (χ0n) is 15.5. The van der Waals surface area contributed by atoms with Crippen molar-refractivity contribution in [3.05, 3.63) is 59.8 Å². The molecular weight excluding hydrogens is 362 g/mol. The molecule has 1 fully saturated rings. The molecule has 0 radical (unpaired) electrons. The Morgan fingerprint density at radius 1 is 1.22 bits per heavy atom. The van der Waals surface area contributed by atoms with Crippen molar-refractivity contribution in [1.29, 1.82) is 0 Å². The third kappa shape index (κ3) is 5.29. The smallest absolute Gasteiger partial charge is 0.252 e. The molecule has 144 valence electrons. The Morgan fingerprint density at radius 3 is 2.63 bits per heavy atom. The third-order valence-electron chi connectivity index (χ3n) is 4.90. The first-order chi connectivity index (χ1) is 12.9. The number of benzene rings is 1. The van der Waals surface area contributed by atoms with Gasteiger partial charge in [0.25, 0.3) is 5.91 Å². The minimum atomic E-state index is -2.94. The molecule has 1 aliphatic rings. The average molecular weight is 388 g/mol. The number of nitrogens with one attached hydrogen (secondary N) is 1. The molecule has 2 heterocycles. The van der Waals surface area contributed by atoms with Crippen molar-refractivity contribution in [1.82, 2.24) is 10.3 Å². The number of aryl methyl sites for hydroxylation is 1. The van der Waals surface area contributed by atoms with Crippen LogP contribution in [0, 0.1) is 0 Å². The largest absolute Gasteiger partial charge is 0.356 e. The first-order valence-corrected chi connectivity index (χ1v) is 11.0. The highest BCUT2D eigenvalue weighted by Crippen LogP contribution is 2.21. The van der Waals surface area contributed by atoms with Crippen LogP contribution in [-0.4, -0.2) is 50.4 Å². The van der Waals surface area contributed by atoms with Crippen LogP contribution >= 0.6 is 0 Å². The second kappa shape index (κ2) is 8.52. The number of aromatic nitrogens is 1. The lowest BCUT2D eigenvalue weighted by Crippen LogP contribution is -2.33. The van der Waals surface area contributed by atoms with Crippen molar-refractivity contribution < 1.29 is 13.2 Å². The van der Waals surface area contributed by atoms with E-state index in [1.165, 1.54) is 5.56 Å². The van der Waals surface area contributed by atoms with Crippen molar-refractivity contribution >= 4 is 21.6 Å². The number of rotatable bonds is 7. The zero-order valence-corrected chi connectivity index (χ0v) is 16.3. The van der Waals surface area contributed by atoms with Crippen LogP contribution in [0.25, 0.3) is 0 Å². The second-order valence-corrected chi connectivity index (χ2v) is 9.15. The molecule has 0 aliphatic carbocycles. The molecule has 0 saturated carbocycles. The molecule has 1 amide bonds. The van der Waals surface area contributed by atoms with Gasteiger partial charge in [-0.15, -0.1) is 0 Å². The number of hydrogen-bond donors (Lipinski definition) is 1. The van der Waals surface area contributed by atoms with Gasteiger partial charge in [-0.2, -0.15) is 0 Å². The number of pyridine rings is 1. The van der Waals surface area contributed by atoms with Crippen LogP contribution in [0.1, 0.15) is 28.8 Å². The summed E-state index contributed by atoms with van der Waals surface area (Å²) >= 11 is 0. The van der Waals surface area contributed by atoms with E-state index in [9.17, 15) is 13.2 Å². The number of hydrogen-bond acceptors (Lipinski definition) is 5. The highest BCUT2D eigenvalue weighted by molar-refractivity contribution is 7.91. The number of anilines is 1. The van der Waals surface area contributed by atoms with Crippen LogP contribution in [-0.2, 0) is 16.3 Å². The van der Waals surface area contributed by atoms with E-state index >= 15 is 0 Å². The van der Waals surface area contributed by atoms with Crippen molar-refractivity contribution in [3.63, 3.8) is 0 Å². The maximum absolute atomic E-state index is 12.2. The molecule has 3 rings (SSSR count). The Labute approximate surface area is 160 Å². The number of sulfone groups is 1. The summed E-state index contributed by atoms with van der Waals surface area (Å²) in [5, 5.41) is 2.91. The average Bonchev–Trinajstić information content (AvgIpc) is 3.05. The fraction of sp³-hybridized carbons (Fsp3) is 0.400. The molecule has 1 atom stereocenters. The predicted octanol–water partition coefficient (Wildman–Crippen LogP) is 2.07. The summed E-state index contributed by atoms with van der Waals surface area (Å²) in [4.78, 5) is 18.5. The minimum absolute atomic E-state index is 0.0554. The van der Waals surface area contributed by atoms with Gasteiger partial charge in [0.2, 0.25) is 0 Å². The SMILES string of the molecule is CN(c1ccc(C(=O)NCCCc2ccccc2)cn1)C1CCS(=O)(=O)C1. The van der Waals surface area contributed by atoms with Crippen molar-refractivity contribution in [2.45, 2.75) is 25.3 Å². The van der Waals surface area contributed by atoms with Gasteiger partial charge in [0.15, 0.2) is 9.84 Å². The summed E-state index contributed by atoms with van der Waals surface area (Å²) in [6, 6.07) is 13.6. The van der Waals surface area contributed by atoms with Crippen molar-refractivity contribution in [3.8, 4) is 0 Å². The van der Waals surface area contributed by atoms with Crippen LogP contribution in [0.2, 0.25) is 0 Å². The molecule has 1 aromatic heterocycles. The highest BCUT2D eigenvalue weighted by Gasteiger charge is 2.31. The van der Waals surface area contributed by atoms with E-state index in [1.807, 2.05) is 30.1 Å². The van der Waals surface area contributed by atoms with Crippen molar-refractivity contribution in [2.24, 2.45) is 0 Å². The van der Waals surface area contributed by atoms with Gasteiger partial charge in [0.05, 0.1) is 17.1 Å². The van der Waals surface area contributed by atoms with Crippen LogP contribution in [0.4, 0.5) is 5.82 Å². The molecule has 0 bridgehead atoms. The number of carbonyl (C=O) groups is 1.